The van der Waals surface area contributed by atoms with Gasteiger partial charge in [0.1, 0.15) is 0 Å². The summed E-state index contributed by atoms with van der Waals surface area (Å²) >= 11 is 0. The molecule has 0 radical (unpaired) electrons. The van der Waals surface area contributed by atoms with Crippen LogP contribution in [0.1, 0.15) is 44.7 Å². The van der Waals surface area contributed by atoms with Gasteiger partial charge in [0.15, 0.2) is 0 Å². The van der Waals surface area contributed by atoms with Gasteiger partial charge in [0, 0.05) is 18.4 Å². The molecule has 1 atom stereocenters. The molecule has 1 heterocycles. The zero-order chi connectivity index (χ0) is 11.1. The van der Waals surface area contributed by atoms with Crippen LogP contribution in [-0.4, -0.2) is 4.98 Å². The SMILES string of the molecule is CC(C)CCCC(NN)c1ccncc1. The molecule has 0 saturated heterocycles. The van der Waals surface area contributed by atoms with Gasteiger partial charge >= 0.3 is 0 Å². The molecular formula is C12H21N3. The third-order valence-corrected chi connectivity index (χ3v) is 2.58. The van der Waals surface area contributed by atoms with E-state index < -0.39 is 0 Å². The number of hydrogen-bond acceptors (Lipinski definition) is 3. The van der Waals surface area contributed by atoms with Gasteiger partial charge in [-0.1, -0.05) is 26.7 Å². The van der Waals surface area contributed by atoms with Crippen LogP contribution in [-0.2, 0) is 0 Å². The number of nitrogens with two attached hydrogens (primary N) is 1. The lowest BCUT2D eigenvalue weighted by molar-refractivity contribution is 0.455. The lowest BCUT2D eigenvalue weighted by atomic mass is 9.99. The van der Waals surface area contributed by atoms with E-state index in [1.54, 1.807) is 0 Å². The first kappa shape index (κ1) is 12.1. The smallest absolute Gasteiger partial charge is 0.0461 e. The minimum atomic E-state index is 0.256. The average Bonchev–Trinajstić information content (AvgIpc) is 2.25. The highest BCUT2D eigenvalue weighted by Crippen LogP contribution is 2.19. The van der Waals surface area contributed by atoms with Gasteiger partial charge in [-0.25, -0.2) is 0 Å². The predicted molar refractivity (Wildman–Crippen MR) is 63.0 cm³/mol. The van der Waals surface area contributed by atoms with Crippen molar-refractivity contribution in [1.82, 2.24) is 10.4 Å². The van der Waals surface area contributed by atoms with E-state index in [0.717, 1.165) is 12.3 Å². The topological polar surface area (TPSA) is 50.9 Å². The first-order valence-electron chi connectivity index (χ1n) is 5.60. The van der Waals surface area contributed by atoms with Crippen LogP contribution in [0.4, 0.5) is 0 Å². The number of nitrogens with one attached hydrogen (secondary N) is 1. The van der Waals surface area contributed by atoms with Crippen molar-refractivity contribution in [3.63, 3.8) is 0 Å². The molecule has 0 spiro atoms. The number of nitrogens with zero attached hydrogens (tertiary/aromatic N) is 1. The van der Waals surface area contributed by atoms with Gasteiger partial charge in [-0.3, -0.25) is 16.3 Å². The molecular weight excluding hydrogens is 186 g/mol. The zero-order valence-electron chi connectivity index (χ0n) is 9.61. The van der Waals surface area contributed by atoms with Crippen LogP contribution in [0.25, 0.3) is 0 Å². The largest absolute Gasteiger partial charge is 0.271 e. The van der Waals surface area contributed by atoms with Crippen LogP contribution < -0.4 is 11.3 Å². The van der Waals surface area contributed by atoms with E-state index in [9.17, 15) is 0 Å². The maximum atomic E-state index is 5.55. The molecule has 0 aliphatic carbocycles. The number of aromatic nitrogens is 1. The van der Waals surface area contributed by atoms with Crippen LogP contribution in [0.5, 0.6) is 0 Å². The Morgan fingerprint density at radius 1 is 1.27 bits per heavy atom. The number of hydrazine groups is 1. The zero-order valence-corrected chi connectivity index (χ0v) is 9.61. The minimum absolute atomic E-state index is 0.256. The average molecular weight is 207 g/mol. The number of hydrogen-bond donors (Lipinski definition) is 2. The van der Waals surface area contributed by atoms with Gasteiger partial charge in [-0.05, 0) is 30.0 Å². The molecule has 0 fully saturated rings. The van der Waals surface area contributed by atoms with E-state index in [4.69, 9.17) is 5.84 Å². The summed E-state index contributed by atoms with van der Waals surface area (Å²) in [7, 11) is 0. The summed E-state index contributed by atoms with van der Waals surface area (Å²) in [6.07, 6.45) is 7.15. The molecule has 3 nitrogen and oxygen atoms in total. The van der Waals surface area contributed by atoms with E-state index >= 15 is 0 Å². The van der Waals surface area contributed by atoms with E-state index in [1.807, 2.05) is 24.5 Å². The summed E-state index contributed by atoms with van der Waals surface area (Å²) in [5, 5.41) is 0. The molecule has 0 saturated carbocycles. The Morgan fingerprint density at radius 3 is 2.47 bits per heavy atom. The number of pyridine rings is 1. The van der Waals surface area contributed by atoms with Gasteiger partial charge in [-0.15, -0.1) is 0 Å². The first-order chi connectivity index (χ1) is 7.24. The molecule has 0 aliphatic rings. The molecule has 0 aromatic carbocycles. The van der Waals surface area contributed by atoms with Gasteiger partial charge < -0.3 is 0 Å². The Labute approximate surface area is 92.1 Å². The van der Waals surface area contributed by atoms with Gasteiger partial charge in [0.25, 0.3) is 0 Å². The maximum Gasteiger partial charge on any atom is 0.0461 e. The molecule has 1 unspecified atom stereocenters. The summed E-state index contributed by atoms with van der Waals surface area (Å²) in [6, 6.07) is 4.28. The molecule has 0 aliphatic heterocycles. The highest BCUT2D eigenvalue weighted by atomic mass is 15.2. The molecule has 15 heavy (non-hydrogen) atoms. The highest BCUT2D eigenvalue weighted by Gasteiger charge is 2.08. The first-order valence-corrected chi connectivity index (χ1v) is 5.60. The molecule has 84 valence electrons. The lowest BCUT2D eigenvalue weighted by Crippen LogP contribution is -2.28. The van der Waals surface area contributed by atoms with E-state index in [1.165, 1.54) is 18.4 Å². The fourth-order valence-electron chi connectivity index (χ4n) is 1.67. The van der Waals surface area contributed by atoms with Gasteiger partial charge in [0.05, 0.1) is 0 Å². The fourth-order valence-corrected chi connectivity index (χ4v) is 1.67. The standard InChI is InChI=1S/C12H21N3/c1-10(2)4-3-5-12(15-13)11-6-8-14-9-7-11/h6-10,12,15H,3-5,13H2,1-2H3. The summed E-state index contributed by atoms with van der Waals surface area (Å²) in [5.41, 5.74) is 4.08. The summed E-state index contributed by atoms with van der Waals surface area (Å²) in [5.74, 6) is 6.32. The van der Waals surface area contributed by atoms with Gasteiger partial charge in [0.2, 0.25) is 0 Å². The van der Waals surface area contributed by atoms with E-state index in [0.29, 0.717) is 0 Å². The van der Waals surface area contributed by atoms with Crippen LogP contribution in [0, 0.1) is 5.92 Å². The highest BCUT2D eigenvalue weighted by molar-refractivity contribution is 5.14. The minimum Gasteiger partial charge on any atom is -0.271 e. The maximum absolute atomic E-state index is 5.55. The van der Waals surface area contributed by atoms with Crippen molar-refractivity contribution in [3.8, 4) is 0 Å². The predicted octanol–water partition coefficient (Wildman–Crippen LogP) is 2.41. The molecule has 0 bridgehead atoms. The van der Waals surface area contributed by atoms with Crippen LogP contribution in [0.2, 0.25) is 0 Å². The molecule has 1 rings (SSSR count). The summed E-state index contributed by atoms with van der Waals surface area (Å²) < 4.78 is 0. The second-order valence-electron chi connectivity index (χ2n) is 4.32. The Morgan fingerprint density at radius 2 is 1.93 bits per heavy atom. The van der Waals surface area contributed by atoms with Crippen LogP contribution in [0.3, 0.4) is 0 Å². The van der Waals surface area contributed by atoms with Crippen molar-refractivity contribution >= 4 is 0 Å². The second-order valence-corrected chi connectivity index (χ2v) is 4.32. The summed E-state index contributed by atoms with van der Waals surface area (Å²) in [6.45, 7) is 4.49. The van der Waals surface area contributed by atoms with Crippen molar-refractivity contribution in [2.45, 2.75) is 39.2 Å². The Hall–Kier alpha value is -0.930. The summed E-state index contributed by atoms with van der Waals surface area (Å²) in [4.78, 5) is 4.00. The van der Waals surface area contributed by atoms with Crippen LogP contribution in [0.15, 0.2) is 24.5 Å². The van der Waals surface area contributed by atoms with Gasteiger partial charge in [-0.2, -0.15) is 0 Å². The quantitative estimate of drug-likeness (QED) is 0.556. The fraction of sp³-hybridized carbons (Fsp3) is 0.583. The second kappa shape index (κ2) is 6.53. The van der Waals surface area contributed by atoms with E-state index in [-0.39, 0.29) is 6.04 Å². The Bertz CT molecular complexity index is 259. The van der Waals surface area contributed by atoms with Crippen molar-refractivity contribution in [3.05, 3.63) is 30.1 Å². The molecule has 1 aromatic rings. The van der Waals surface area contributed by atoms with Crippen molar-refractivity contribution in [2.75, 3.05) is 0 Å². The monoisotopic (exact) mass is 207 g/mol. The third-order valence-electron chi connectivity index (χ3n) is 2.58. The lowest BCUT2D eigenvalue weighted by Gasteiger charge is -2.16. The van der Waals surface area contributed by atoms with Crippen molar-refractivity contribution in [2.24, 2.45) is 11.8 Å². The molecule has 3 heteroatoms. The van der Waals surface area contributed by atoms with Crippen LogP contribution >= 0.6 is 0 Å². The Balaban J connectivity index is 2.43. The van der Waals surface area contributed by atoms with Crippen molar-refractivity contribution in [1.29, 1.82) is 0 Å². The van der Waals surface area contributed by atoms with E-state index in [2.05, 4.69) is 24.3 Å². The molecule has 0 amide bonds. The normalized spacial score (nSPS) is 13.1. The van der Waals surface area contributed by atoms with Crippen molar-refractivity contribution < 1.29 is 0 Å². The molecule has 3 N–H and O–H groups in total. The third kappa shape index (κ3) is 4.40. The Kier molecular flexibility index (Phi) is 5.29. The molecule has 1 aromatic heterocycles. The number of rotatable bonds is 6.